The molecule has 0 saturated heterocycles. The molecule has 0 heterocycles. The van der Waals surface area contributed by atoms with Gasteiger partial charge in [-0.25, -0.2) is 4.39 Å². The molecule has 3 rings (SSSR count). The van der Waals surface area contributed by atoms with Gasteiger partial charge in [0.1, 0.15) is 5.82 Å². The maximum absolute atomic E-state index is 14.2. The molecule has 0 amide bonds. The number of halogens is 1. The fourth-order valence-electron chi connectivity index (χ4n) is 3.46. The second-order valence-corrected chi connectivity index (χ2v) is 6.45. The van der Waals surface area contributed by atoms with E-state index in [1.807, 2.05) is 54.0 Å². The largest absolute Gasteiger partial charge is 0.313 e. The lowest BCUT2D eigenvalue weighted by Crippen LogP contribution is -2.44. The molecule has 0 atom stereocenters. The van der Waals surface area contributed by atoms with Crippen LogP contribution in [0.25, 0.3) is 10.8 Å². The molecule has 0 aliphatic rings. The SMILES string of the molecule is CCc1cccc(N(CC)C(=N)N(CC)c2ccc(F)c3ccccc23)c1. The zero-order valence-corrected chi connectivity index (χ0v) is 16.2. The summed E-state index contributed by atoms with van der Waals surface area (Å²) in [6.45, 7) is 7.50. The monoisotopic (exact) mass is 363 g/mol. The van der Waals surface area contributed by atoms with Crippen LogP contribution in [0, 0.1) is 11.2 Å². The van der Waals surface area contributed by atoms with E-state index in [4.69, 9.17) is 5.41 Å². The fraction of sp³-hybridized carbons (Fsp3) is 0.261. The lowest BCUT2D eigenvalue weighted by molar-refractivity contribution is 0.640. The standard InChI is InChI=1S/C23H26FN3/c1-4-17-10-9-11-18(16-17)26(5-2)23(25)27(6-3)22-15-14-21(24)19-12-7-8-13-20(19)22/h7-16,25H,4-6H2,1-3H3. The van der Waals surface area contributed by atoms with Crippen LogP contribution in [0.3, 0.4) is 0 Å². The smallest absolute Gasteiger partial charge is 0.202 e. The van der Waals surface area contributed by atoms with E-state index in [9.17, 15) is 4.39 Å². The molecule has 0 fully saturated rings. The van der Waals surface area contributed by atoms with Crippen LogP contribution in [0.15, 0.2) is 60.7 Å². The van der Waals surface area contributed by atoms with Gasteiger partial charge in [-0.2, -0.15) is 0 Å². The Bertz CT molecular complexity index is 951. The lowest BCUT2D eigenvalue weighted by Gasteiger charge is -2.33. The molecule has 0 aromatic heterocycles. The first-order chi connectivity index (χ1) is 13.1. The third kappa shape index (κ3) is 3.65. The van der Waals surface area contributed by atoms with Crippen LogP contribution in [-0.4, -0.2) is 19.0 Å². The van der Waals surface area contributed by atoms with Crippen LogP contribution in [0.1, 0.15) is 26.3 Å². The summed E-state index contributed by atoms with van der Waals surface area (Å²) >= 11 is 0. The van der Waals surface area contributed by atoms with Gasteiger partial charge in [0.05, 0.1) is 5.69 Å². The van der Waals surface area contributed by atoms with Crippen molar-refractivity contribution in [3.63, 3.8) is 0 Å². The molecule has 0 saturated carbocycles. The van der Waals surface area contributed by atoms with E-state index in [2.05, 4.69) is 19.1 Å². The van der Waals surface area contributed by atoms with Crippen LogP contribution in [-0.2, 0) is 6.42 Å². The van der Waals surface area contributed by atoms with Crippen LogP contribution in [0.2, 0.25) is 0 Å². The lowest BCUT2D eigenvalue weighted by atomic mass is 10.1. The number of fused-ring (bicyclic) bond motifs is 1. The molecule has 3 aromatic carbocycles. The number of benzene rings is 3. The molecule has 0 spiro atoms. The maximum atomic E-state index is 14.2. The van der Waals surface area contributed by atoms with Gasteiger partial charge in [0.25, 0.3) is 0 Å². The van der Waals surface area contributed by atoms with Crippen molar-refractivity contribution in [2.75, 3.05) is 22.9 Å². The average Bonchev–Trinajstić information content (AvgIpc) is 2.71. The number of aryl methyl sites for hydroxylation is 1. The quantitative estimate of drug-likeness (QED) is 0.457. The molecule has 0 aliphatic carbocycles. The molecule has 1 N–H and O–H groups in total. The van der Waals surface area contributed by atoms with Crippen molar-refractivity contribution in [2.45, 2.75) is 27.2 Å². The highest BCUT2D eigenvalue weighted by Gasteiger charge is 2.20. The van der Waals surface area contributed by atoms with E-state index in [0.29, 0.717) is 24.4 Å². The molecule has 3 nitrogen and oxygen atoms in total. The Morgan fingerprint density at radius 3 is 2.22 bits per heavy atom. The third-order valence-corrected chi connectivity index (χ3v) is 4.91. The maximum Gasteiger partial charge on any atom is 0.202 e. The highest BCUT2D eigenvalue weighted by Crippen LogP contribution is 2.30. The number of guanidine groups is 1. The minimum absolute atomic E-state index is 0.236. The van der Waals surface area contributed by atoms with Gasteiger partial charge in [-0.15, -0.1) is 0 Å². The number of nitrogens with zero attached hydrogens (tertiary/aromatic N) is 2. The zero-order chi connectivity index (χ0) is 19.4. The van der Waals surface area contributed by atoms with E-state index in [-0.39, 0.29) is 5.82 Å². The number of hydrogen-bond acceptors (Lipinski definition) is 1. The highest BCUT2D eigenvalue weighted by molar-refractivity contribution is 6.10. The summed E-state index contributed by atoms with van der Waals surface area (Å²) in [4.78, 5) is 3.92. The first-order valence-electron chi connectivity index (χ1n) is 9.50. The third-order valence-electron chi connectivity index (χ3n) is 4.91. The summed E-state index contributed by atoms with van der Waals surface area (Å²) < 4.78 is 14.2. The van der Waals surface area contributed by atoms with E-state index < -0.39 is 0 Å². The van der Waals surface area contributed by atoms with E-state index in [0.717, 1.165) is 23.2 Å². The number of anilines is 2. The van der Waals surface area contributed by atoms with Gasteiger partial charge in [0.2, 0.25) is 5.96 Å². The summed E-state index contributed by atoms with van der Waals surface area (Å²) in [5.74, 6) is 0.157. The molecule has 0 bridgehead atoms. The van der Waals surface area contributed by atoms with Crippen LogP contribution in [0.4, 0.5) is 15.8 Å². The summed E-state index contributed by atoms with van der Waals surface area (Å²) in [6.07, 6.45) is 0.957. The van der Waals surface area contributed by atoms with Crippen LogP contribution in [0.5, 0.6) is 0 Å². The Hall–Kier alpha value is -2.88. The van der Waals surface area contributed by atoms with Crippen molar-refractivity contribution in [3.05, 3.63) is 72.0 Å². The van der Waals surface area contributed by atoms with E-state index >= 15 is 0 Å². The van der Waals surface area contributed by atoms with Crippen LogP contribution >= 0.6 is 0 Å². The van der Waals surface area contributed by atoms with E-state index in [1.165, 1.54) is 11.6 Å². The molecular formula is C23H26FN3. The first kappa shape index (κ1) is 18.9. The van der Waals surface area contributed by atoms with Crippen molar-refractivity contribution in [1.82, 2.24) is 0 Å². The van der Waals surface area contributed by atoms with Gasteiger partial charge in [-0.3, -0.25) is 5.41 Å². The Morgan fingerprint density at radius 1 is 0.852 bits per heavy atom. The summed E-state index contributed by atoms with van der Waals surface area (Å²) in [6, 6.07) is 19.0. The molecule has 4 heteroatoms. The second kappa shape index (κ2) is 8.21. The molecule has 0 radical (unpaired) electrons. The van der Waals surface area contributed by atoms with Gasteiger partial charge >= 0.3 is 0 Å². The fourth-order valence-corrected chi connectivity index (χ4v) is 3.46. The topological polar surface area (TPSA) is 30.3 Å². The molecule has 3 aromatic rings. The predicted molar refractivity (Wildman–Crippen MR) is 113 cm³/mol. The van der Waals surface area contributed by atoms with Gasteiger partial charge in [0, 0.05) is 29.5 Å². The normalized spacial score (nSPS) is 10.8. The Kier molecular flexibility index (Phi) is 5.75. The molecular weight excluding hydrogens is 337 g/mol. The van der Waals surface area contributed by atoms with Crippen molar-refractivity contribution >= 4 is 28.1 Å². The Morgan fingerprint density at radius 2 is 1.56 bits per heavy atom. The van der Waals surface area contributed by atoms with Gasteiger partial charge in [-0.1, -0.05) is 43.3 Å². The van der Waals surface area contributed by atoms with E-state index in [1.54, 1.807) is 12.1 Å². The molecule has 0 unspecified atom stereocenters. The highest BCUT2D eigenvalue weighted by atomic mass is 19.1. The van der Waals surface area contributed by atoms with Crippen LogP contribution < -0.4 is 9.80 Å². The summed E-state index contributed by atoms with van der Waals surface area (Å²) in [7, 11) is 0. The molecule has 0 aliphatic heterocycles. The Labute approximate surface area is 160 Å². The van der Waals surface area contributed by atoms with Crippen molar-refractivity contribution < 1.29 is 4.39 Å². The minimum atomic E-state index is -0.236. The summed E-state index contributed by atoms with van der Waals surface area (Å²) in [5, 5.41) is 10.3. The van der Waals surface area contributed by atoms with Crippen molar-refractivity contribution in [1.29, 1.82) is 5.41 Å². The summed E-state index contributed by atoms with van der Waals surface area (Å²) in [5.41, 5.74) is 3.10. The molecule has 140 valence electrons. The van der Waals surface area contributed by atoms with Gasteiger partial charge in [0.15, 0.2) is 0 Å². The number of hydrogen-bond donors (Lipinski definition) is 1. The first-order valence-corrected chi connectivity index (χ1v) is 9.50. The van der Waals surface area contributed by atoms with Gasteiger partial charge in [-0.05, 0) is 50.1 Å². The number of rotatable bonds is 5. The van der Waals surface area contributed by atoms with Gasteiger partial charge < -0.3 is 9.80 Å². The Balaban J connectivity index is 2.04. The van der Waals surface area contributed by atoms with Crippen molar-refractivity contribution in [2.24, 2.45) is 0 Å². The average molecular weight is 363 g/mol. The predicted octanol–water partition coefficient (Wildman–Crippen LogP) is 5.83. The zero-order valence-electron chi connectivity index (χ0n) is 16.2. The van der Waals surface area contributed by atoms with Crippen molar-refractivity contribution in [3.8, 4) is 0 Å². The molecule has 27 heavy (non-hydrogen) atoms. The second-order valence-electron chi connectivity index (χ2n) is 6.45. The number of nitrogens with one attached hydrogen (secondary N) is 1. The minimum Gasteiger partial charge on any atom is -0.313 e.